The van der Waals surface area contributed by atoms with Crippen LogP contribution in [0.5, 0.6) is 0 Å². The minimum absolute atomic E-state index is 0.555. The molecule has 0 aliphatic heterocycles. The molecule has 0 atom stereocenters. The average Bonchev–Trinajstić information content (AvgIpc) is 2.71. The van der Waals surface area contributed by atoms with Gasteiger partial charge in [0.15, 0.2) is 5.82 Å². The lowest BCUT2D eigenvalue weighted by atomic mass is 10.1. The molecule has 90 valence electrons. The van der Waals surface area contributed by atoms with E-state index in [1.807, 2.05) is 18.2 Å². The van der Waals surface area contributed by atoms with E-state index in [1.165, 1.54) is 10.4 Å². The number of rotatable bonds is 1. The molecule has 0 saturated heterocycles. The van der Waals surface area contributed by atoms with Gasteiger partial charge in [-0.05, 0) is 19.9 Å². The van der Waals surface area contributed by atoms with E-state index in [-0.39, 0.29) is 0 Å². The van der Waals surface area contributed by atoms with Crippen LogP contribution in [0.3, 0.4) is 0 Å². The minimum atomic E-state index is 0.555. The van der Waals surface area contributed by atoms with E-state index in [2.05, 4.69) is 35.9 Å². The number of aromatic nitrogens is 2. The summed E-state index contributed by atoms with van der Waals surface area (Å²) in [5.41, 5.74) is 8.22. The van der Waals surface area contributed by atoms with E-state index in [0.29, 0.717) is 11.6 Å². The van der Waals surface area contributed by atoms with Crippen LogP contribution in [0.2, 0.25) is 0 Å². The Morgan fingerprint density at radius 3 is 2.50 bits per heavy atom. The van der Waals surface area contributed by atoms with Crippen molar-refractivity contribution in [2.45, 2.75) is 13.8 Å². The highest BCUT2D eigenvalue weighted by atomic mass is 32.1. The Morgan fingerprint density at radius 1 is 1.06 bits per heavy atom. The first kappa shape index (κ1) is 11.2. The summed E-state index contributed by atoms with van der Waals surface area (Å²) in [6, 6.07) is 10.2. The van der Waals surface area contributed by atoms with Crippen LogP contribution in [0.25, 0.3) is 21.6 Å². The maximum atomic E-state index is 5.99. The molecule has 2 aromatic heterocycles. The summed E-state index contributed by atoms with van der Waals surface area (Å²) in [6.07, 6.45) is 0. The highest BCUT2D eigenvalue weighted by Crippen LogP contribution is 2.29. The summed E-state index contributed by atoms with van der Waals surface area (Å²) in [7, 11) is 0. The number of hydrogen-bond donors (Lipinski definition) is 1. The van der Waals surface area contributed by atoms with Crippen LogP contribution in [-0.4, -0.2) is 9.97 Å². The fourth-order valence-corrected chi connectivity index (χ4v) is 2.78. The zero-order chi connectivity index (χ0) is 12.7. The first-order chi connectivity index (χ1) is 8.63. The number of aryl methyl sites for hydroxylation is 2. The van der Waals surface area contributed by atoms with E-state index < -0.39 is 0 Å². The molecule has 0 saturated carbocycles. The number of thiophene rings is 1. The summed E-state index contributed by atoms with van der Waals surface area (Å²) in [4.78, 5) is 11.1. The molecule has 0 aliphatic rings. The van der Waals surface area contributed by atoms with Crippen molar-refractivity contribution in [1.82, 2.24) is 9.97 Å². The van der Waals surface area contributed by atoms with Gasteiger partial charge in [0.05, 0.1) is 5.39 Å². The Balaban J connectivity index is 2.20. The third-order valence-corrected chi connectivity index (χ3v) is 3.80. The van der Waals surface area contributed by atoms with Crippen LogP contribution in [0, 0.1) is 13.8 Å². The van der Waals surface area contributed by atoms with E-state index in [1.54, 1.807) is 11.3 Å². The van der Waals surface area contributed by atoms with Crippen LogP contribution in [0.4, 0.5) is 5.82 Å². The average molecular weight is 255 g/mol. The molecule has 0 bridgehead atoms. The molecule has 1 aromatic carbocycles. The molecule has 0 spiro atoms. The lowest BCUT2D eigenvalue weighted by Crippen LogP contribution is -1.95. The van der Waals surface area contributed by atoms with Gasteiger partial charge in [0.25, 0.3) is 0 Å². The van der Waals surface area contributed by atoms with Gasteiger partial charge in [-0.15, -0.1) is 11.3 Å². The number of nitrogens with zero attached hydrogens (tertiary/aromatic N) is 2. The molecular weight excluding hydrogens is 242 g/mol. The van der Waals surface area contributed by atoms with Crippen LogP contribution >= 0.6 is 11.3 Å². The van der Waals surface area contributed by atoms with Crippen LogP contribution in [0.1, 0.15) is 10.4 Å². The molecule has 2 heterocycles. The number of benzene rings is 1. The van der Waals surface area contributed by atoms with Crippen molar-refractivity contribution in [1.29, 1.82) is 0 Å². The van der Waals surface area contributed by atoms with Crippen LogP contribution < -0.4 is 5.73 Å². The normalized spacial score (nSPS) is 11.0. The molecule has 0 unspecified atom stereocenters. The predicted octanol–water partition coefficient (Wildman–Crippen LogP) is 3.56. The molecule has 3 nitrogen and oxygen atoms in total. The van der Waals surface area contributed by atoms with Crippen LogP contribution in [0.15, 0.2) is 30.3 Å². The highest BCUT2D eigenvalue weighted by molar-refractivity contribution is 7.18. The zero-order valence-corrected chi connectivity index (χ0v) is 11.1. The van der Waals surface area contributed by atoms with Crippen molar-refractivity contribution in [2.24, 2.45) is 0 Å². The summed E-state index contributed by atoms with van der Waals surface area (Å²) >= 11 is 1.65. The molecular formula is C14H13N3S. The predicted molar refractivity (Wildman–Crippen MR) is 76.7 cm³/mol. The molecule has 4 heteroatoms. The van der Waals surface area contributed by atoms with Crippen molar-refractivity contribution in [3.63, 3.8) is 0 Å². The second-order valence-corrected chi connectivity index (χ2v) is 5.61. The third-order valence-electron chi connectivity index (χ3n) is 2.86. The lowest BCUT2D eigenvalue weighted by molar-refractivity contribution is 1.24. The Labute approximate surface area is 109 Å². The number of anilines is 1. The van der Waals surface area contributed by atoms with Gasteiger partial charge in [-0.25, -0.2) is 9.97 Å². The van der Waals surface area contributed by atoms with E-state index in [4.69, 9.17) is 5.73 Å². The third kappa shape index (κ3) is 1.84. The number of fused-ring (bicyclic) bond motifs is 1. The van der Waals surface area contributed by atoms with E-state index in [0.717, 1.165) is 15.8 Å². The Kier molecular flexibility index (Phi) is 2.52. The standard InChI is InChI=1S/C14H13N3S/c1-8-3-5-10(6-4-8)13-16-12(15)11-7-9(2)18-14(11)17-13/h3-7H,1-2H3,(H2,15,16,17). The fraction of sp³-hybridized carbons (Fsp3) is 0.143. The van der Waals surface area contributed by atoms with Crippen molar-refractivity contribution < 1.29 is 0 Å². The molecule has 0 amide bonds. The summed E-state index contributed by atoms with van der Waals surface area (Å²) in [5.74, 6) is 1.25. The fourth-order valence-electron chi connectivity index (χ4n) is 1.90. The molecule has 3 aromatic rings. The first-order valence-corrected chi connectivity index (χ1v) is 6.56. The van der Waals surface area contributed by atoms with E-state index >= 15 is 0 Å². The minimum Gasteiger partial charge on any atom is -0.383 e. The van der Waals surface area contributed by atoms with Gasteiger partial charge in [-0.1, -0.05) is 29.8 Å². The molecule has 0 fully saturated rings. The number of nitrogen functional groups attached to an aromatic ring is 1. The molecule has 2 N–H and O–H groups in total. The van der Waals surface area contributed by atoms with Crippen molar-refractivity contribution >= 4 is 27.4 Å². The quantitative estimate of drug-likeness (QED) is 0.723. The summed E-state index contributed by atoms with van der Waals surface area (Å²) in [5, 5.41) is 0.952. The van der Waals surface area contributed by atoms with Crippen molar-refractivity contribution in [3.8, 4) is 11.4 Å². The van der Waals surface area contributed by atoms with Gasteiger partial charge >= 0.3 is 0 Å². The number of hydrogen-bond acceptors (Lipinski definition) is 4. The zero-order valence-electron chi connectivity index (χ0n) is 10.3. The Morgan fingerprint density at radius 2 is 1.78 bits per heavy atom. The van der Waals surface area contributed by atoms with Crippen LogP contribution in [-0.2, 0) is 0 Å². The maximum Gasteiger partial charge on any atom is 0.163 e. The number of nitrogens with two attached hydrogens (primary N) is 1. The Hall–Kier alpha value is -1.94. The van der Waals surface area contributed by atoms with Gasteiger partial charge in [-0.3, -0.25) is 0 Å². The second-order valence-electron chi connectivity index (χ2n) is 4.37. The SMILES string of the molecule is Cc1ccc(-c2nc(N)c3cc(C)sc3n2)cc1. The second kappa shape index (κ2) is 4.07. The van der Waals surface area contributed by atoms with Crippen molar-refractivity contribution in [3.05, 3.63) is 40.8 Å². The first-order valence-electron chi connectivity index (χ1n) is 5.74. The molecule has 0 aliphatic carbocycles. The summed E-state index contributed by atoms with van der Waals surface area (Å²) in [6.45, 7) is 4.11. The molecule has 18 heavy (non-hydrogen) atoms. The maximum absolute atomic E-state index is 5.99. The van der Waals surface area contributed by atoms with Gasteiger partial charge in [0, 0.05) is 10.4 Å². The van der Waals surface area contributed by atoms with Gasteiger partial charge < -0.3 is 5.73 Å². The van der Waals surface area contributed by atoms with Crippen molar-refractivity contribution in [2.75, 3.05) is 5.73 Å². The topological polar surface area (TPSA) is 51.8 Å². The lowest BCUT2D eigenvalue weighted by Gasteiger charge is -2.02. The Bertz CT molecular complexity index is 714. The largest absolute Gasteiger partial charge is 0.383 e. The van der Waals surface area contributed by atoms with Gasteiger partial charge in [0.1, 0.15) is 10.6 Å². The summed E-state index contributed by atoms with van der Waals surface area (Å²) < 4.78 is 0. The molecule has 3 rings (SSSR count). The van der Waals surface area contributed by atoms with Gasteiger partial charge in [0.2, 0.25) is 0 Å². The monoisotopic (exact) mass is 255 g/mol. The molecule has 0 radical (unpaired) electrons. The van der Waals surface area contributed by atoms with E-state index in [9.17, 15) is 0 Å². The smallest absolute Gasteiger partial charge is 0.163 e. The van der Waals surface area contributed by atoms with Gasteiger partial charge in [-0.2, -0.15) is 0 Å². The highest BCUT2D eigenvalue weighted by Gasteiger charge is 2.09.